The summed E-state index contributed by atoms with van der Waals surface area (Å²) in [6.45, 7) is 4.01. The Kier molecular flexibility index (Phi) is 7.01. The van der Waals surface area contributed by atoms with Crippen LogP contribution in [0.1, 0.15) is 18.4 Å². The third kappa shape index (κ3) is 5.64. The molecule has 1 amide bonds. The van der Waals surface area contributed by atoms with Crippen LogP contribution in [0.4, 0.5) is 22.1 Å². The van der Waals surface area contributed by atoms with Crippen molar-refractivity contribution in [3.63, 3.8) is 0 Å². The summed E-state index contributed by atoms with van der Waals surface area (Å²) >= 11 is 0. The summed E-state index contributed by atoms with van der Waals surface area (Å²) in [4.78, 5) is 22.7. The van der Waals surface area contributed by atoms with E-state index in [1.165, 1.54) is 33.0 Å². The maximum absolute atomic E-state index is 11.5. The van der Waals surface area contributed by atoms with E-state index < -0.39 is 6.09 Å². The summed E-state index contributed by atoms with van der Waals surface area (Å²) in [5, 5.41) is 11.4. The number of amides is 1. The Balaban J connectivity index is 1.31. The molecule has 8 heteroatoms. The molecule has 0 saturated carbocycles. The van der Waals surface area contributed by atoms with Crippen molar-refractivity contribution >= 4 is 34.2 Å². The number of aromatic nitrogens is 2. The van der Waals surface area contributed by atoms with E-state index in [9.17, 15) is 4.79 Å². The van der Waals surface area contributed by atoms with Crippen LogP contribution in [-0.2, 0) is 11.3 Å². The first-order chi connectivity index (χ1) is 15.6. The number of fused-ring (bicyclic) bond motifs is 1. The molecule has 3 heterocycles. The number of pyridine rings is 2. The molecule has 168 valence electrons. The molecule has 0 spiro atoms. The SMILES string of the molecule is COC(=O)Nc1nccc2cc(NCc3ccc(NCC4CCN(C)CC4)nc3)ccc12. The first kappa shape index (κ1) is 21.8. The fraction of sp³-hybridized carbons (Fsp3) is 0.375. The van der Waals surface area contributed by atoms with Gasteiger partial charge in [-0.1, -0.05) is 6.07 Å². The Labute approximate surface area is 188 Å². The number of piperidine rings is 1. The van der Waals surface area contributed by atoms with Crippen LogP contribution in [0.3, 0.4) is 0 Å². The first-order valence-electron chi connectivity index (χ1n) is 11.0. The van der Waals surface area contributed by atoms with Crippen LogP contribution in [0.2, 0.25) is 0 Å². The first-order valence-corrected chi connectivity index (χ1v) is 11.0. The van der Waals surface area contributed by atoms with Gasteiger partial charge >= 0.3 is 6.09 Å². The smallest absolute Gasteiger partial charge is 0.412 e. The van der Waals surface area contributed by atoms with Gasteiger partial charge in [-0.2, -0.15) is 0 Å². The molecule has 1 aromatic carbocycles. The molecule has 32 heavy (non-hydrogen) atoms. The molecule has 3 N–H and O–H groups in total. The molecule has 1 saturated heterocycles. The molecule has 8 nitrogen and oxygen atoms in total. The number of carbonyl (C=O) groups is 1. The monoisotopic (exact) mass is 434 g/mol. The molecular formula is C24H30N6O2. The minimum absolute atomic E-state index is 0.480. The zero-order valence-electron chi connectivity index (χ0n) is 18.6. The van der Waals surface area contributed by atoms with Gasteiger partial charge in [-0.15, -0.1) is 0 Å². The summed E-state index contributed by atoms with van der Waals surface area (Å²) in [6, 6.07) is 12.0. The Bertz CT molecular complexity index is 1050. The van der Waals surface area contributed by atoms with E-state index in [-0.39, 0.29) is 0 Å². The van der Waals surface area contributed by atoms with E-state index in [1.54, 1.807) is 6.20 Å². The lowest BCUT2D eigenvalue weighted by Gasteiger charge is -2.29. The quantitative estimate of drug-likeness (QED) is 0.514. The van der Waals surface area contributed by atoms with Gasteiger partial charge in [0.25, 0.3) is 0 Å². The third-order valence-corrected chi connectivity index (χ3v) is 5.90. The molecule has 0 radical (unpaired) electrons. The number of ether oxygens (including phenoxy) is 1. The van der Waals surface area contributed by atoms with Crippen molar-refractivity contribution in [2.24, 2.45) is 5.92 Å². The summed E-state index contributed by atoms with van der Waals surface area (Å²) in [7, 11) is 3.52. The van der Waals surface area contributed by atoms with Gasteiger partial charge in [0.2, 0.25) is 0 Å². The van der Waals surface area contributed by atoms with Gasteiger partial charge < -0.3 is 20.3 Å². The van der Waals surface area contributed by atoms with Crippen molar-refractivity contribution in [1.29, 1.82) is 0 Å². The highest BCUT2D eigenvalue weighted by molar-refractivity contribution is 5.99. The van der Waals surface area contributed by atoms with E-state index in [0.717, 1.165) is 40.3 Å². The second kappa shape index (κ2) is 10.3. The van der Waals surface area contributed by atoms with Crippen molar-refractivity contribution in [2.45, 2.75) is 19.4 Å². The maximum atomic E-state index is 11.5. The zero-order chi connectivity index (χ0) is 22.3. The standard InChI is InChI=1S/C24H30N6O2/c1-30-11-8-17(9-12-30)14-27-22-6-3-18(16-28-22)15-26-20-4-5-21-19(13-20)7-10-25-23(21)29-24(31)32-2/h3-7,10,13,16-17,26H,8-9,11-12,14-15H2,1-2H3,(H,27,28)(H,25,29,31). The van der Waals surface area contributed by atoms with E-state index in [1.807, 2.05) is 36.5 Å². The average Bonchev–Trinajstić information content (AvgIpc) is 2.83. The number of rotatable bonds is 7. The van der Waals surface area contributed by atoms with Crippen LogP contribution in [0.5, 0.6) is 0 Å². The van der Waals surface area contributed by atoms with E-state index in [2.05, 4.69) is 48.7 Å². The van der Waals surface area contributed by atoms with Gasteiger partial charge in [0.15, 0.2) is 0 Å². The van der Waals surface area contributed by atoms with E-state index in [0.29, 0.717) is 12.4 Å². The van der Waals surface area contributed by atoms with Crippen molar-refractivity contribution < 1.29 is 9.53 Å². The minimum atomic E-state index is -0.538. The highest BCUT2D eigenvalue weighted by Crippen LogP contribution is 2.25. The highest BCUT2D eigenvalue weighted by atomic mass is 16.5. The largest absolute Gasteiger partial charge is 0.453 e. The predicted molar refractivity (Wildman–Crippen MR) is 128 cm³/mol. The van der Waals surface area contributed by atoms with Crippen LogP contribution in [0.15, 0.2) is 48.8 Å². The van der Waals surface area contributed by atoms with Crippen LogP contribution >= 0.6 is 0 Å². The van der Waals surface area contributed by atoms with Crippen molar-refractivity contribution in [3.05, 3.63) is 54.4 Å². The fourth-order valence-corrected chi connectivity index (χ4v) is 3.89. The molecule has 2 aromatic heterocycles. The van der Waals surface area contributed by atoms with Gasteiger partial charge in [-0.25, -0.2) is 14.8 Å². The number of hydrogen-bond donors (Lipinski definition) is 3. The Hall–Kier alpha value is -3.39. The molecule has 4 rings (SSSR count). The van der Waals surface area contributed by atoms with Gasteiger partial charge in [0, 0.05) is 36.6 Å². The Morgan fingerprint density at radius 3 is 2.72 bits per heavy atom. The van der Waals surface area contributed by atoms with Crippen LogP contribution in [0.25, 0.3) is 10.8 Å². The number of nitrogens with one attached hydrogen (secondary N) is 3. The Morgan fingerprint density at radius 1 is 1.12 bits per heavy atom. The molecular weight excluding hydrogens is 404 g/mol. The number of nitrogens with zero attached hydrogens (tertiary/aromatic N) is 3. The zero-order valence-corrected chi connectivity index (χ0v) is 18.6. The highest BCUT2D eigenvalue weighted by Gasteiger charge is 2.16. The normalized spacial score (nSPS) is 14.8. The van der Waals surface area contributed by atoms with Gasteiger partial charge in [0.1, 0.15) is 11.6 Å². The van der Waals surface area contributed by atoms with Crippen molar-refractivity contribution in [3.8, 4) is 0 Å². The lowest BCUT2D eigenvalue weighted by atomic mass is 9.97. The molecule has 3 aromatic rings. The number of carbonyl (C=O) groups excluding carboxylic acids is 1. The number of anilines is 3. The summed E-state index contributed by atoms with van der Waals surface area (Å²) in [5.74, 6) is 2.13. The maximum Gasteiger partial charge on any atom is 0.412 e. The number of methoxy groups -OCH3 is 1. The molecule has 0 unspecified atom stereocenters. The number of benzene rings is 1. The topological polar surface area (TPSA) is 91.4 Å². The Morgan fingerprint density at radius 2 is 1.97 bits per heavy atom. The summed E-state index contributed by atoms with van der Waals surface area (Å²) < 4.78 is 4.66. The molecule has 0 bridgehead atoms. The number of likely N-dealkylation sites (tertiary alicyclic amines) is 1. The van der Waals surface area contributed by atoms with Gasteiger partial charge in [-0.3, -0.25) is 5.32 Å². The van der Waals surface area contributed by atoms with Crippen molar-refractivity contribution in [1.82, 2.24) is 14.9 Å². The lowest BCUT2D eigenvalue weighted by molar-refractivity contribution is 0.187. The van der Waals surface area contributed by atoms with E-state index >= 15 is 0 Å². The molecule has 0 atom stereocenters. The predicted octanol–water partition coefficient (Wildman–Crippen LogP) is 4.17. The minimum Gasteiger partial charge on any atom is -0.453 e. The van der Waals surface area contributed by atoms with Crippen LogP contribution < -0.4 is 16.0 Å². The van der Waals surface area contributed by atoms with Crippen LogP contribution in [0, 0.1) is 5.92 Å². The average molecular weight is 435 g/mol. The summed E-state index contributed by atoms with van der Waals surface area (Å²) in [6.07, 6.45) is 5.52. The van der Waals surface area contributed by atoms with E-state index in [4.69, 9.17) is 0 Å². The molecule has 1 fully saturated rings. The third-order valence-electron chi connectivity index (χ3n) is 5.90. The molecule has 1 aliphatic heterocycles. The van der Waals surface area contributed by atoms with Crippen molar-refractivity contribution in [2.75, 3.05) is 49.7 Å². The fourth-order valence-electron chi connectivity index (χ4n) is 3.89. The lowest BCUT2D eigenvalue weighted by Crippen LogP contribution is -2.33. The molecule has 1 aliphatic rings. The van der Waals surface area contributed by atoms with Gasteiger partial charge in [-0.05, 0) is 80.2 Å². The van der Waals surface area contributed by atoms with Crippen LogP contribution in [-0.4, -0.2) is 54.8 Å². The summed E-state index contributed by atoms with van der Waals surface area (Å²) in [5.41, 5.74) is 2.09. The second-order valence-electron chi connectivity index (χ2n) is 8.24. The molecule has 0 aliphatic carbocycles. The second-order valence-corrected chi connectivity index (χ2v) is 8.24. The van der Waals surface area contributed by atoms with Gasteiger partial charge in [0.05, 0.1) is 7.11 Å². The number of hydrogen-bond acceptors (Lipinski definition) is 7.